The highest BCUT2D eigenvalue weighted by atomic mass is 32.1. The summed E-state index contributed by atoms with van der Waals surface area (Å²) in [5.74, 6) is 0.230. The van der Waals surface area contributed by atoms with E-state index in [-0.39, 0.29) is 17.3 Å². The Balaban J connectivity index is 0.000000438. The molecule has 0 radical (unpaired) electrons. The number of thiophene rings is 1. The van der Waals surface area contributed by atoms with Crippen LogP contribution in [0.1, 0.15) is 26.4 Å². The number of nitrogens with zero attached hydrogens (tertiary/aromatic N) is 3. The lowest BCUT2D eigenvalue weighted by Crippen LogP contribution is -2.13. The average Bonchev–Trinajstić information content (AvgIpc) is 3.48. The molecule has 8 nitrogen and oxygen atoms in total. The van der Waals surface area contributed by atoms with Crippen molar-refractivity contribution < 1.29 is 27.5 Å². The number of hydrogen-bond acceptors (Lipinski definition) is 6. The van der Waals surface area contributed by atoms with Crippen LogP contribution in [0.2, 0.25) is 0 Å². The van der Waals surface area contributed by atoms with E-state index < -0.39 is 17.6 Å². The molecule has 3 heterocycles. The molecular weight excluding hydrogens is 531 g/mol. The third kappa shape index (κ3) is 7.20. The fourth-order valence-electron chi connectivity index (χ4n) is 3.26. The van der Waals surface area contributed by atoms with Crippen molar-refractivity contribution in [2.75, 3.05) is 10.6 Å². The lowest BCUT2D eigenvalue weighted by Gasteiger charge is -2.07. The van der Waals surface area contributed by atoms with Crippen LogP contribution in [0.3, 0.4) is 0 Å². The van der Waals surface area contributed by atoms with Crippen LogP contribution in [0.5, 0.6) is 11.6 Å². The minimum absolute atomic E-state index is 0.0517. The largest absolute Gasteiger partial charge is 0.438 e. The summed E-state index contributed by atoms with van der Waals surface area (Å²) < 4.78 is 45.0. The van der Waals surface area contributed by atoms with Gasteiger partial charge in [-0.2, -0.15) is 13.2 Å². The normalized spacial score (nSPS) is 10.9. The van der Waals surface area contributed by atoms with Gasteiger partial charge in [-0.3, -0.25) is 9.59 Å². The third-order valence-electron chi connectivity index (χ3n) is 5.41. The van der Waals surface area contributed by atoms with E-state index in [9.17, 15) is 22.8 Å². The molecule has 3 aromatic heterocycles. The number of benzene rings is 2. The van der Waals surface area contributed by atoms with E-state index in [1.54, 1.807) is 47.7 Å². The molecule has 39 heavy (non-hydrogen) atoms. The van der Waals surface area contributed by atoms with Gasteiger partial charge in [-0.05, 0) is 73.3 Å². The van der Waals surface area contributed by atoms with E-state index >= 15 is 0 Å². The third-order valence-corrected chi connectivity index (χ3v) is 6.36. The molecule has 5 rings (SSSR count). The Morgan fingerprint density at radius 2 is 1.82 bits per heavy atom. The van der Waals surface area contributed by atoms with Crippen molar-refractivity contribution in [3.63, 3.8) is 0 Å². The maximum Gasteiger partial charge on any atom is 0.416 e. The number of aromatic nitrogens is 3. The second-order valence-electron chi connectivity index (χ2n) is 8.18. The van der Waals surface area contributed by atoms with Gasteiger partial charge in [0.2, 0.25) is 12.3 Å². The summed E-state index contributed by atoms with van der Waals surface area (Å²) in [6.45, 7) is 4.27. The van der Waals surface area contributed by atoms with Gasteiger partial charge in [-0.25, -0.2) is 9.50 Å². The topological polar surface area (TPSA) is 97.6 Å². The highest BCUT2D eigenvalue weighted by Gasteiger charge is 2.30. The minimum atomic E-state index is -4.48. The minimum Gasteiger partial charge on any atom is -0.438 e. The number of rotatable bonds is 6. The predicted octanol–water partition coefficient (Wildman–Crippen LogP) is 6.73. The van der Waals surface area contributed by atoms with Gasteiger partial charge in [0.25, 0.3) is 5.91 Å². The second-order valence-corrected chi connectivity index (χ2v) is 9.30. The quantitative estimate of drug-likeness (QED) is 0.227. The van der Waals surface area contributed by atoms with Gasteiger partial charge < -0.3 is 15.4 Å². The van der Waals surface area contributed by atoms with Crippen molar-refractivity contribution >= 4 is 40.8 Å². The smallest absolute Gasteiger partial charge is 0.416 e. The first-order chi connectivity index (χ1) is 18.6. The van der Waals surface area contributed by atoms with Crippen molar-refractivity contribution in [1.29, 1.82) is 0 Å². The Hall–Kier alpha value is -4.71. The molecule has 0 unspecified atom stereocenters. The van der Waals surface area contributed by atoms with Gasteiger partial charge >= 0.3 is 6.18 Å². The monoisotopic (exact) mass is 553 g/mol. The summed E-state index contributed by atoms with van der Waals surface area (Å²) in [7, 11) is 0. The molecule has 0 bridgehead atoms. The molecule has 0 saturated carbocycles. The van der Waals surface area contributed by atoms with Crippen molar-refractivity contribution in [1.82, 2.24) is 14.6 Å². The van der Waals surface area contributed by atoms with E-state index in [4.69, 9.17) is 4.74 Å². The number of alkyl halides is 3. The van der Waals surface area contributed by atoms with E-state index in [1.807, 2.05) is 0 Å². The van der Waals surface area contributed by atoms with E-state index in [0.29, 0.717) is 23.5 Å². The fraction of sp³-hybridized carbons (Fsp3) is 0.111. The molecule has 0 aliphatic rings. The number of halogens is 3. The van der Waals surface area contributed by atoms with Gasteiger partial charge in [-0.1, -0.05) is 6.07 Å². The molecular formula is C27H22F3N5O3S. The van der Waals surface area contributed by atoms with Crippen LogP contribution in [0.25, 0.3) is 5.65 Å². The summed E-state index contributed by atoms with van der Waals surface area (Å²) in [5.41, 5.74) is 1.58. The van der Waals surface area contributed by atoms with Crippen LogP contribution in [0.4, 0.5) is 24.7 Å². The average molecular weight is 554 g/mol. The molecule has 0 aliphatic carbocycles. The number of fused-ring (bicyclic) bond motifs is 1. The Morgan fingerprint density at radius 3 is 2.44 bits per heavy atom. The van der Waals surface area contributed by atoms with Crippen molar-refractivity contribution in [3.8, 4) is 11.6 Å². The second kappa shape index (κ2) is 11.8. The van der Waals surface area contributed by atoms with Gasteiger partial charge in [0.15, 0.2) is 11.5 Å². The maximum atomic E-state index is 12.7. The molecule has 0 spiro atoms. The van der Waals surface area contributed by atoms with Crippen LogP contribution in [-0.2, 0) is 11.0 Å². The van der Waals surface area contributed by atoms with Crippen molar-refractivity contribution in [2.45, 2.75) is 20.0 Å². The number of carbonyl (C=O) groups excluding carboxylic acids is 2. The Kier molecular flexibility index (Phi) is 8.25. The van der Waals surface area contributed by atoms with Crippen molar-refractivity contribution in [2.24, 2.45) is 0 Å². The molecule has 2 N–H and O–H groups in total. The summed E-state index contributed by atoms with van der Waals surface area (Å²) >= 11 is 1.80. The van der Waals surface area contributed by atoms with Crippen LogP contribution < -0.4 is 15.4 Å². The molecule has 0 aliphatic heterocycles. The number of amides is 2. The SMILES string of the molecule is Cc1ccsc1C.O=CNc1cccc(Oc2ccc3nc(NC(=O)c4ccc(C(F)(F)F)cc4)cn3n2)c1. The molecule has 12 heteroatoms. The van der Waals surface area contributed by atoms with Gasteiger partial charge in [0, 0.05) is 28.3 Å². The number of hydrogen-bond donors (Lipinski definition) is 2. The van der Waals surface area contributed by atoms with Gasteiger partial charge in [0.05, 0.1) is 11.8 Å². The molecule has 2 amide bonds. The summed E-state index contributed by atoms with van der Waals surface area (Å²) in [5, 5.41) is 11.4. The van der Waals surface area contributed by atoms with E-state index in [0.717, 1.165) is 24.3 Å². The van der Waals surface area contributed by atoms with Gasteiger partial charge in [-0.15, -0.1) is 16.4 Å². The summed E-state index contributed by atoms with van der Waals surface area (Å²) in [4.78, 5) is 28.5. The zero-order valence-corrected chi connectivity index (χ0v) is 21.5. The Bertz CT molecular complexity index is 1580. The fourth-order valence-corrected chi connectivity index (χ4v) is 4.00. The van der Waals surface area contributed by atoms with Crippen LogP contribution in [0.15, 0.2) is 78.3 Å². The first kappa shape index (κ1) is 27.3. The zero-order chi connectivity index (χ0) is 28.0. The molecule has 200 valence electrons. The molecule has 0 atom stereocenters. The lowest BCUT2D eigenvalue weighted by atomic mass is 10.1. The number of imidazole rings is 1. The highest BCUT2D eigenvalue weighted by molar-refractivity contribution is 7.10. The predicted molar refractivity (Wildman–Crippen MR) is 142 cm³/mol. The molecule has 0 saturated heterocycles. The van der Waals surface area contributed by atoms with E-state index in [2.05, 4.69) is 46.0 Å². The van der Waals surface area contributed by atoms with Crippen LogP contribution in [-0.4, -0.2) is 26.9 Å². The number of aryl methyl sites for hydroxylation is 2. The molecule has 0 fully saturated rings. The number of carbonyl (C=O) groups is 2. The Labute approximate surface area is 225 Å². The molecule has 2 aromatic carbocycles. The first-order valence-corrected chi connectivity index (χ1v) is 12.3. The summed E-state index contributed by atoms with van der Waals surface area (Å²) in [6, 6.07) is 15.9. The number of nitrogens with one attached hydrogen (secondary N) is 2. The first-order valence-electron chi connectivity index (χ1n) is 11.5. The highest BCUT2D eigenvalue weighted by Crippen LogP contribution is 2.29. The van der Waals surface area contributed by atoms with Crippen LogP contribution >= 0.6 is 11.3 Å². The van der Waals surface area contributed by atoms with Crippen LogP contribution in [0, 0.1) is 13.8 Å². The van der Waals surface area contributed by atoms with Crippen molar-refractivity contribution in [3.05, 3.63) is 99.9 Å². The van der Waals surface area contributed by atoms with E-state index in [1.165, 1.54) is 21.2 Å². The lowest BCUT2D eigenvalue weighted by molar-refractivity contribution is -0.137. The zero-order valence-electron chi connectivity index (χ0n) is 20.7. The van der Waals surface area contributed by atoms with Gasteiger partial charge in [0.1, 0.15) is 5.75 Å². The Morgan fingerprint density at radius 1 is 1.05 bits per heavy atom. The maximum absolute atomic E-state index is 12.7. The number of anilines is 2. The number of ether oxygens (including phenoxy) is 1. The molecule has 5 aromatic rings. The standard InChI is InChI=1S/C21H14F3N5O3.C6H8S/c22-21(23,24)14-6-4-13(5-7-14)20(31)27-17-11-29-18(26-17)8-9-19(28-29)32-16-3-1-2-15(10-16)25-12-30;1-5-3-4-7-6(5)2/h1-12H,(H,25,30)(H,27,31);3-4H,1-2H3. The summed E-state index contributed by atoms with van der Waals surface area (Å²) in [6.07, 6.45) is -2.49.